The molecule has 0 fully saturated rings. The van der Waals surface area contributed by atoms with Crippen LogP contribution in [0.2, 0.25) is 0 Å². The number of hydrogen-bond donors (Lipinski definition) is 1. The summed E-state index contributed by atoms with van der Waals surface area (Å²) in [5.41, 5.74) is 0.0510. The Labute approximate surface area is 112 Å². The average molecular weight is 288 g/mol. The molecule has 20 heavy (non-hydrogen) atoms. The molecule has 1 heterocycles. The maximum atomic E-state index is 13.5. The number of aromatic hydroxyl groups is 1. The summed E-state index contributed by atoms with van der Waals surface area (Å²) in [6.45, 7) is -0.640. The zero-order valence-electron chi connectivity index (χ0n) is 10.2. The van der Waals surface area contributed by atoms with E-state index in [1.807, 2.05) is 0 Å². The third-order valence-electron chi connectivity index (χ3n) is 2.37. The Bertz CT molecular complexity index is 575. The summed E-state index contributed by atoms with van der Waals surface area (Å²) >= 11 is 0. The van der Waals surface area contributed by atoms with Crippen molar-refractivity contribution in [1.82, 2.24) is 10.1 Å². The van der Waals surface area contributed by atoms with E-state index in [1.165, 1.54) is 12.1 Å². The van der Waals surface area contributed by atoms with Crippen molar-refractivity contribution in [2.24, 2.45) is 0 Å². The van der Waals surface area contributed by atoms with Gasteiger partial charge in [0.25, 0.3) is 12.3 Å². The summed E-state index contributed by atoms with van der Waals surface area (Å²) in [5, 5.41) is 12.7. The van der Waals surface area contributed by atoms with Gasteiger partial charge in [-0.3, -0.25) is 0 Å². The molecular weight excluding hydrogens is 277 g/mol. The molecular formula is C12H11F3N2O3. The third kappa shape index (κ3) is 3.70. The first-order chi connectivity index (χ1) is 9.56. The summed E-state index contributed by atoms with van der Waals surface area (Å²) in [6, 6.07) is 3.51. The van der Waals surface area contributed by atoms with Gasteiger partial charge in [0, 0.05) is 12.5 Å². The lowest BCUT2D eigenvalue weighted by molar-refractivity contribution is 0.0182. The SMILES string of the molecule is Oc1ccc(-c2nc(CCOCC(F)F)no2)c(F)c1. The number of hydrogen-bond acceptors (Lipinski definition) is 5. The summed E-state index contributed by atoms with van der Waals surface area (Å²) < 4.78 is 46.7. The quantitative estimate of drug-likeness (QED) is 0.827. The summed E-state index contributed by atoms with van der Waals surface area (Å²) in [6.07, 6.45) is -2.35. The Balaban J connectivity index is 1.98. The van der Waals surface area contributed by atoms with E-state index in [2.05, 4.69) is 14.9 Å². The molecule has 1 aromatic heterocycles. The number of phenols is 1. The second kappa shape index (κ2) is 6.38. The van der Waals surface area contributed by atoms with Crippen LogP contribution >= 0.6 is 0 Å². The van der Waals surface area contributed by atoms with Crippen LogP contribution < -0.4 is 0 Å². The van der Waals surface area contributed by atoms with Crippen LogP contribution in [0.5, 0.6) is 5.75 Å². The molecule has 0 saturated carbocycles. The molecule has 2 aromatic rings. The molecule has 108 valence electrons. The van der Waals surface area contributed by atoms with E-state index >= 15 is 0 Å². The van der Waals surface area contributed by atoms with Gasteiger partial charge in [-0.1, -0.05) is 5.16 Å². The molecule has 0 aliphatic carbocycles. The molecule has 0 spiro atoms. The van der Waals surface area contributed by atoms with Gasteiger partial charge in [0.15, 0.2) is 5.82 Å². The van der Waals surface area contributed by atoms with Crippen LogP contribution in [-0.4, -0.2) is 34.9 Å². The molecule has 0 unspecified atom stereocenters. The van der Waals surface area contributed by atoms with Crippen molar-refractivity contribution in [3.8, 4) is 17.2 Å². The highest BCUT2D eigenvalue weighted by atomic mass is 19.3. The topological polar surface area (TPSA) is 68.4 Å². The molecule has 0 aliphatic rings. The van der Waals surface area contributed by atoms with E-state index < -0.39 is 18.8 Å². The van der Waals surface area contributed by atoms with Gasteiger partial charge in [0.05, 0.1) is 12.2 Å². The fourth-order valence-electron chi connectivity index (χ4n) is 1.48. The minimum atomic E-state index is -2.53. The predicted molar refractivity (Wildman–Crippen MR) is 61.9 cm³/mol. The minimum Gasteiger partial charge on any atom is -0.508 e. The van der Waals surface area contributed by atoms with Crippen molar-refractivity contribution in [2.75, 3.05) is 13.2 Å². The molecule has 1 N–H and O–H groups in total. The van der Waals surface area contributed by atoms with Gasteiger partial charge < -0.3 is 14.4 Å². The Hall–Kier alpha value is -2.09. The Morgan fingerprint density at radius 3 is 2.85 bits per heavy atom. The van der Waals surface area contributed by atoms with E-state index in [-0.39, 0.29) is 36.1 Å². The molecule has 0 bridgehead atoms. The van der Waals surface area contributed by atoms with E-state index in [4.69, 9.17) is 9.63 Å². The highest BCUT2D eigenvalue weighted by molar-refractivity contribution is 5.55. The van der Waals surface area contributed by atoms with Crippen LogP contribution in [-0.2, 0) is 11.2 Å². The lowest BCUT2D eigenvalue weighted by Gasteiger charge is -1.99. The van der Waals surface area contributed by atoms with Gasteiger partial charge in [0.2, 0.25) is 0 Å². The monoisotopic (exact) mass is 288 g/mol. The minimum absolute atomic E-state index is 0.0153. The Kier molecular flexibility index (Phi) is 4.57. The first-order valence-electron chi connectivity index (χ1n) is 5.73. The highest BCUT2D eigenvalue weighted by Crippen LogP contribution is 2.24. The van der Waals surface area contributed by atoms with E-state index in [1.54, 1.807) is 0 Å². The standard InChI is InChI=1S/C12H11F3N2O3/c13-9-5-7(18)1-2-8(9)12-16-11(17-20-12)3-4-19-6-10(14)15/h1-2,5,10,18H,3-4,6H2. The van der Waals surface area contributed by atoms with Gasteiger partial charge in [-0.25, -0.2) is 13.2 Å². The first kappa shape index (κ1) is 14.3. The fourth-order valence-corrected chi connectivity index (χ4v) is 1.48. The second-order valence-electron chi connectivity index (χ2n) is 3.90. The third-order valence-corrected chi connectivity index (χ3v) is 2.37. The molecule has 0 saturated heterocycles. The van der Waals surface area contributed by atoms with Crippen LogP contribution in [0.3, 0.4) is 0 Å². The highest BCUT2D eigenvalue weighted by Gasteiger charge is 2.14. The normalized spacial score (nSPS) is 11.2. The van der Waals surface area contributed by atoms with Gasteiger partial charge in [-0.2, -0.15) is 4.98 Å². The first-order valence-corrected chi connectivity index (χ1v) is 5.73. The van der Waals surface area contributed by atoms with Crippen molar-refractivity contribution in [3.05, 3.63) is 29.8 Å². The maximum absolute atomic E-state index is 13.5. The molecule has 0 radical (unpaired) electrons. The van der Waals surface area contributed by atoms with Crippen LogP contribution in [0, 0.1) is 5.82 Å². The zero-order valence-corrected chi connectivity index (χ0v) is 10.2. The number of alkyl halides is 2. The smallest absolute Gasteiger partial charge is 0.261 e. The number of phenolic OH excluding ortho intramolecular Hbond substituents is 1. The predicted octanol–water partition coefficient (Wildman–Crippen LogP) is 2.41. The Morgan fingerprint density at radius 1 is 1.35 bits per heavy atom. The number of aromatic nitrogens is 2. The molecule has 0 aliphatic heterocycles. The average Bonchev–Trinajstić information content (AvgIpc) is 2.83. The van der Waals surface area contributed by atoms with Gasteiger partial charge in [0.1, 0.15) is 18.2 Å². The lowest BCUT2D eigenvalue weighted by atomic mass is 10.2. The summed E-state index contributed by atoms with van der Waals surface area (Å²) in [4.78, 5) is 3.92. The van der Waals surface area contributed by atoms with Crippen molar-refractivity contribution >= 4 is 0 Å². The van der Waals surface area contributed by atoms with Crippen LogP contribution in [0.15, 0.2) is 22.7 Å². The zero-order chi connectivity index (χ0) is 14.5. The van der Waals surface area contributed by atoms with Crippen LogP contribution in [0.25, 0.3) is 11.5 Å². The van der Waals surface area contributed by atoms with E-state index in [9.17, 15) is 13.2 Å². The Morgan fingerprint density at radius 2 is 2.15 bits per heavy atom. The van der Waals surface area contributed by atoms with Gasteiger partial charge in [-0.15, -0.1) is 0 Å². The van der Waals surface area contributed by atoms with Crippen molar-refractivity contribution < 1.29 is 27.5 Å². The molecule has 0 amide bonds. The van der Waals surface area contributed by atoms with Crippen LogP contribution in [0.1, 0.15) is 5.82 Å². The van der Waals surface area contributed by atoms with Crippen molar-refractivity contribution in [3.63, 3.8) is 0 Å². The maximum Gasteiger partial charge on any atom is 0.261 e. The van der Waals surface area contributed by atoms with Crippen LogP contribution in [0.4, 0.5) is 13.2 Å². The molecule has 2 rings (SSSR count). The summed E-state index contributed by atoms with van der Waals surface area (Å²) in [5.74, 6) is -0.742. The number of benzene rings is 1. The number of halogens is 3. The second-order valence-corrected chi connectivity index (χ2v) is 3.90. The molecule has 0 atom stereocenters. The van der Waals surface area contributed by atoms with Gasteiger partial charge >= 0.3 is 0 Å². The summed E-state index contributed by atoms with van der Waals surface area (Å²) in [7, 11) is 0. The molecule has 1 aromatic carbocycles. The number of ether oxygens (including phenoxy) is 1. The number of rotatable bonds is 6. The number of nitrogens with zero attached hydrogens (tertiary/aromatic N) is 2. The molecule has 5 nitrogen and oxygen atoms in total. The fraction of sp³-hybridized carbons (Fsp3) is 0.333. The largest absolute Gasteiger partial charge is 0.508 e. The van der Waals surface area contributed by atoms with E-state index in [0.29, 0.717) is 0 Å². The van der Waals surface area contributed by atoms with E-state index in [0.717, 1.165) is 6.07 Å². The lowest BCUT2D eigenvalue weighted by Crippen LogP contribution is -2.07. The van der Waals surface area contributed by atoms with Gasteiger partial charge in [-0.05, 0) is 12.1 Å². The van der Waals surface area contributed by atoms with Crippen molar-refractivity contribution in [2.45, 2.75) is 12.8 Å². The molecule has 8 heteroatoms. The van der Waals surface area contributed by atoms with Crippen molar-refractivity contribution in [1.29, 1.82) is 0 Å².